The van der Waals surface area contributed by atoms with E-state index in [-0.39, 0.29) is 11.8 Å². The number of allylic oxidation sites excluding steroid dienone is 3. The molecule has 0 saturated heterocycles. The van der Waals surface area contributed by atoms with Gasteiger partial charge in [0.15, 0.2) is 0 Å². The van der Waals surface area contributed by atoms with Crippen LogP contribution in [-0.4, -0.2) is 54.3 Å². The van der Waals surface area contributed by atoms with Gasteiger partial charge in [-0.15, -0.1) is 0 Å². The third-order valence-electron chi connectivity index (χ3n) is 8.01. The number of carbonyl (C=O) groups is 3. The molecule has 0 atom stereocenters. The molecule has 9 heteroatoms. The van der Waals surface area contributed by atoms with Gasteiger partial charge in [-0.2, -0.15) is 0 Å². The van der Waals surface area contributed by atoms with E-state index in [2.05, 4.69) is 23.6 Å². The van der Waals surface area contributed by atoms with Crippen molar-refractivity contribution in [2.45, 2.75) is 132 Å². The van der Waals surface area contributed by atoms with Crippen LogP contribution in [0.2, 0.25) is 0 Å². The number of benzene rings is 2. The Bertz CT molecular complexity index is 1450. The van der Waals surface area contributed by atoms with Gasteiger partial charge in [-0.25, -0.2) is 4.79 Å². The summed E-state index contributed by atoms with van der Waals surface area (Å²) in [5, 5.41) is 5.89. The molecule has 0 radical (unpaired) electrons. The maximum Gasteiger partial charge on any atom is 0.407 e. The molecule has 1 aliphatic heterocycles. The predicted molar refractivity (Wildman–Crippen MR) is 212 cm³/mol. The lowest BCUT2D eigenvalue weighted by Crippen LogP contribution is -2.45. The number of aryl methyl sites for hydroxylation is 1. The van der Waals surface area contributed by atoms with Crippen LogP contribution in [0.25, 0.3) is 11.1 Å². The van der Waals surface area contributed by atoms with Crippen LogP contribution in [0.5, 0.6) is 0 Å². The summed E-state index contributed by atoms with van der Waals surface area (Å²) in [6.07, 6.45) is 9.62. The maximum absolute atomic E-state index is 13.0. The van der Waals surface area contributed by atoms with Gasteiger partial charge in [0.1, 0.15) is 5.60 Å². The lowest BCUT2D eigenvalue weighted by atomic mass is 9.95. The van der Waals surface area contributed by atoms with E-state index in [1.54, 1.807) is 6.92 Å². The number of amides is 3. The number of carbonyl (C=O) groups excluding carboxylic acids is 3. The van der Waals surface area contributed by atoms with Crippen molar-refractivity contribution in [3.63, 3.8) is 0 Å². The molecule has 51 heavy (non-hydrogen) atoms. The average Bonchev–Trinajstić information content (AvgIpc) is 3.06. The minimum absolute atomic E-state index is 0.0693. The van der Waals surface area contributed by atoms with Crippen molar-refractivity contribution in [3.8, 4) is 11.1 Å². The Morgan fingerprint density at radius 3 is 2.14 bits per heavy atom. The van der Waals surface area contributed by atoms with Gasteiger partial charge in [-0.1, -0.05) is 51.1 Å². The fourth-order valence-electron chi connectivity index (χ4n) is 5.14. The zero-order valence-electron chi connectivity index (χ0n) is 33.5. The van der Waals surface area contributed by atoms with Gasteiger partial charge in [0.25, 0.3) is 5.91 Å². The summed E-state index contributed by atoms with van der Waals surface area (Å²) in [5.41, 5.74) is 9.70. The van der Waals surface area contributed by atoms with Gasteiger partial charge in [0.05, 0.1) is 5.60 Å². The Kier molecular flexibility index (Phi) is 18.8. The van der Waals surface area contributed by atoms with E-state index in [4.69, 9.17) is 15.2 Å². The molecule has 0 unspecified atom stereocenters. The minimum atomic E-state index is -0.531. The van der Waals surface area contributed by atoms with Crippen molar-refractivity contribution in [2.75, 3.05) is 24.6 Å². The molecule has 9 nitrogen and oxygen atoms in total. The Balaban J connectivity index is 0.00000114. The van der Waals surface area contributed by atoms with E-state index in [0.29, 0.717) is 31.6 Å². The van der Waals surface area contributed by atoms with Crippen LogP contribution in [0, 0.1) is 0 Å². The molecule has 2 aromatic carbocycles. The molecule has 2 aromatic rings. The summed E-state index contributed by atoms with van der Waals surface area (Å²) in [7, 11) is 0. The summed E-state index contributed by atoms with van der Waals surface area (Å²) in [4.78, 5) is 38.7. The number of nitrogens with two attached hydrogens (primary N) is 1. The van der Waals surface area contributed by atoms with Gasteiger partial charge in [-0.3, -0.25) is 9.59 Å². The summed E-state index contributed by atoms with van der Waals surface area (Å²) in [6.45, 7) is 24.7. The summed E-state index contributed by atoms with van der Waals surface area (Å²) in [5.74, 6) is -0.0650. The SMILES string of the molecule is C/C=C(N)\C=C/CC.CC.CC(=O)N1CCCc2cc(-c3ccc(C(=O)NC(C)(C)CCOC(C)(C)CCNC(=O)OC(C)(C)C)cc3)ccc21. The Hall–Kier alpha value is -4.11. The number of alkyl carbamates (subject to hydrolysis) is 1. The molecule has 0 bridgehead atoms. The van der Waals surface area contributed by atoms with Crippen LogP contribution >= 0.6 is 0 Å². The van der Waals surface area contributed by atoms with Crippen LogP contribution in [0.15, 0.2) is 66.4 Å². The first-order chi connectivity index (χ1) is 23.9. The Labute approximate surface area is 308 Å². The first-order valence-corrected chi connectivity index (χ1v) is 18.4. The lowest BCUT2D eigenvalue weighted by molar-refractivity contribution is -0.116. The summed E-state index contributed by atoms with van der Waals surface area (Å²) in [6, 6.07) is 13.8. The number of fused-ring (bicyclic) bond motifs is 1. The predicted octanol–water partition coefficient (Wildman–Crippen LogP) is 9.10. The van der Waals surface area contributed by atoms with E-state index in [9.17, 15) is 14.4 Å². The van der Waals surface area contributed by atoms with Gasteiger partial charge in [0.2, 0.25) is 5.91 Å². The molecular weight excluding hydrogens is 640 g/mol. The average molecular weight is 707 g/mol. The molecular formula is C42H66N4O5. The van der Waals surface area contributed by atoms with E-state index >= 15 is 0 Å². The van der Waals surface area contributed by atoms with Crippen LogP contribution in [0.4, 0.5) is 10.5 Å². The van der Waals surface area contributed by atoms with Crippen molar-refractivity contribution < 1.29 is 23.9 Å². The fourth-order valence-corrected chi connectivity index (χ4v) is 5.14. The monoisotopic (exact) mass is 707 g/mol. The second-order valence-corrected chi connectivity index (χ2v) is 14.7. The third kappa shape index (κ3) is 17.1. The highest BCUT2D eigenvalue weighted by Crippen LogP contribution is 2.32. The van der Waals surface area contributed by atoms with Crippen molar-refractivity contribution in [3.05, 3.63) is 77.5 Å². The van der Waals surface area contributed by atoms with Crippen molar-refractivity contribution >= 4 is 23.6 Å². The van der Waals surface area contributed by atoms with Crippen LogP contribution in [0.3, 0.4) is 0 Å². The number of ether oxygens (including phenoxy) is 2. The highest BCUT2D eigenvalue weighted by molar-refractivity contribution is 5.95. The molecule has 0 aliphatic carbocycles. The third-order valence-corrected chi connectivity index (χ3v) is 8.01. The molecule has 0 saturated carbocycles. The van der Waals surface area contributed by atoms with E-state index in [0.717, 1.165) is 48.3 Å². The molecule has 4 N–H and O–H groups in total. The number of nitrogens with zero attached hydrogens (tertiary/aromatic N) is 1. The van der Waals surface area contributed by atoms with Crippen LogP contribution < -0.4 is 21.3 Å². The normalized spacial score (nSPS) is 13.3. The summed E-state index contributed by atoms with van der Waals surface area (Å²) < 4.78 is 11.4. The second kappa shape index (κ2) is 21.3. The van der Waals surface area contributed by atoms with Gasteiger partial charge in [0, 0.05) is 49.1 Å². The maximum atomic E-state index is 13.0. The van der Waals surface area contributed by atoms with Crippen molar-refractivity contribution in [1.82, 2.24) is 10.6 Å². The van der Waals surface area contributed by atoms with Crippen LogP contribution in [0.1, 0.15) is 125 Å². The first kappa shape index (κ1) is 44.9. The van der Waals surface area contributed by atoms with E-state index in [1.807, 2.05) is 129 Å². The fraction of sp³-hybridized carbons (Fsp3) is 0.548. The Morgan fingerprint density at radius 2 is 1.57 bits per heavy atom. The molecule has 1 aliphatic rings. The minimum Gasteiger partial charge on any atom is -0.444 e. The number of hydrogen-bond acceptors (Lipinski definition) is 6. The number of nitrogens with one attached hydrogen (secondary N) is 2. The van der Waals surface area contributed by atoms with E-state index in [1.165, 1.54) is 5.56 Å². The number of rotatable bonds is 12. The number of hydrogen-bond donors (Lipinski definition) is 3. The molecule has 3 rings (SSSR count). The topological polar surface area (TPSA) is 123 Å². The highest BCUT2D eigenvalue weighted by atomic mass is 16.6. The van der Waals surface area contributed by atoms with E-state index < -0.39 is 22.8 Å². The zero-order valence-corrected chi connectivity index (χ0v) is 33.5. The Morgan fingerprint density at radius 1 is 0.941 bits per heavy atom. The van der Waals surface area contributed by atoms with Gasteiger partial charge >= 0.3 is 6.09 Å². The molecule has 0 fully saturated rings. The first-order valence-electron chi connectivity index (χ1n) is 18.4. The second-order valence-electron chi connectivity index (χ2n) is 14.7. The summed E-state index contributed by atoms with van der Waals surface area (Å²) >= 11 is 0. The smallest absolute Gasteiger partial charge is 0.407 e. The quantitative estimate of drug-likeness (QED) is 0.189. The highest BCUT2D eigenvalue weighted by Gasteiger charge is 2.25. The van der Waals surface area contributed by atoms with Gasteiger partial charge in [-0.05, 0) is 135 Å². The van der Waals surface area contributed by atoms with Crippen molar-refractivity contribution in [1.29, 1.82) is 0 Å². The number of anilines is 1. The zero-order chi connectivity index (χ0) is 38.8. The van der Waals surface area contributed by atoms with Crippen molar-refractivity contribution in [2.24, 2.45) is 5.73 Å². The lowest BCUT2D eigenvalue weighted by Gasteiger charge is -2.30. The largest absolute Gasteiger partial charge is 0.444 e. The molecule has 284 valence electrons. The molecule has 3 amide bonds. The van der Waals surface area contributed by atoms with Gasteiger partial charge < -0.3 is 30.7 Å². The standard InChI is InChI=1S/C33H47N3O5.C7H13N.C2H6/c1-23(37)36-20-9-10-27-22-26(15-16-28(27)36)24-11-13-25(14-12-24)29(38)35-32(5,6)18-21-40-33(7,8)17-19-34-30(39)41-31(2,3)4;1-3-5-6-7(8)4-2;1-2/h11-16,22H,9-10,17-21H2,1-8H3,(H,34,39)(H,35,38);4-6H,3,8H2,1-2H3;1-2H3/b;6-5-,7-4+;. The van der Waals surface area contributed by atoms with Crippen LogP contribution in [-0.2, 0) is 20.7 Å². The molecule has 0 aromatic heterocycles. The molecule has 0 spiro atoms. The molecule has 1 heterocycles.